The molecule has 4 heteroatoms. The molecule has 20 heavy (non-hydrogen) atoms. The Bertz CT molecular complexity index is 382. The van der Waals surface area contributed by atoms with E-state index in [9.17, 15) is 10.2 Å². The molecule has 1 aliphatic carbocycles. The van der Waals surface area contributed by atoms with Gasteiger partial charge in [0.2, 0.25) is 0 Å². The molecule has 0 aromatic heterocycles. The van der Waals surface area contributed by atoms with Crippen molar-refractivity contribution < 1.29 is 14.9 Å². The average Bonchev–Trinajstić information content (AvgIpc) is 2.89. The standard InChI is InChI=1S/C16H29NO3/c1-15(2)12(14(19)16(3,4)20-15)9-17-7-10-5-6-13(18)11(10)8-17/h10-14,18-19H,5-9H2,1-4H3. The van der Waals surface area contributed by atoms with Gasteiger partial charge in [-0.3, -0.25) is 0 Å². The lowest BCUT2D eigenvalue weighted by Gasteiger charge is -2.31. The van der Waals surface area contributed by atoms with Gasteiger partial charge < -0.3 is 19.8 Å². The number of rotatable bonds is 2. The molecule has 0 amide bonds. The highest BCUT2D eigenvalue weighted by atomic mass is 16.5. The third kappa shape index (κ3) is 2.31. The Morgan fingerprint density at radius 1 is 1.05 bits per heavy atom. The molecule has 0 aromatic carbocycles. The zero-order chi connectivity index (χ0) is 14.7. The molecule has 4 nitrogen and oxygen atoms in total. The predicted molar refractivity (Wildman–Crippen MR) is 77.4 cm³/mol. The maximum Gasteiger partial charge on any atom is 0.0896 e. The molecular formula is C16H29NO3. The molecular weight excluding hydrogens is 254 g/mol. The van der Waals surface area contributed by atoms with Gasteiger partial charge in [-0.15, -0.1) is 0 Å². The second kappa shape index (κ2) is 4.67. The van der Waals surface area contributed by atoms with Crippen molar-refractivity contribution in [2.45, 2.75) is 63.9 Å². The zero-order valence-electron chi connectivity index (χ0n) is 13.2. The Labute approximate surface area is 122 Å². The van der Waals surface area contributed by atoms with E-state index in [4.69, 9.17) is 4.74 Å². The van der Waals surface area contributed by atoms with Crippen LogP contribution in [0.15, 0.2) is 0 Å². The van der Waals surface area contributed by atoms with E-state index in [-0.39, 0.29) is 17.6 Å². The lowest BCUT2D eigenvalue weighted by molar-refractivity contribution is -0.0913. The van der Waals surface area contributed by atoms with Gasteiger partial charge in [0.1, 0.15) is 0 Å². The van der Waals surface area contributed by atoms with Crippen molar-refractivity contribution in [2.24, 2.45) is 17.8 Å². The first kappa shape index (κ1) is 14.8. The summed E-state index contributed by atoms with van der Waals surface area (Å²) in [6.45, 7) is 11.0. The van der Waals surface area contributed by atoms with Crippen molar-refractivity contribution in [3.8, 4) is 0 Å². The fraction of sp³-hybridized carbons (Fsp3) is 1.00. The Morgan fingerprint density at radius 2 is 1.75 bits per heavy atom. The van der Waals surface area contributed by atoms with Crippen LogP contribution in [0.25, 0.3) is 0 Å². The maximum absolute atomic E-state index is 10.6. The van der Waals surface area contributed by atoms with Crippen molar-refractivity contribution in [1.82, 2.24) is 4.90 Å². The smallest absolute Gasteiger partial charge is 0.0896 e. The number of ether oxygens (including phenoxy) is 1. The zero-order valence-corrected chi connectivity index (χ0v) is 13.2. The first-order chi connectivity index (χ1) is 9.21. The molecule has 1 saturated carbocycles. The summed E-state index contributed by atoms with van der Waals surface area (Å²) in [5, 5.41) is 20.6. The molecule has 5 unspecified atom stereocenters. The SMILES string of the molecule is CC1(C)OC(C)(C)C(CN2CC3CCC(O)C3C2)C1O. The molecule has 0 spiro atoms. The van der Waals surface area contributed by atoms with Gasteiger partial charge in [0.25, 0.3) is 0 Å². The molecule has 5 atom stereocenters. The summed E-state index contributed by atoms with van der Waals surface area (Å²) in [7, 11) is 0. The topological polar surface area (TPSA) is 52.9 Å². The van der Waals surface area contributed by atoms with E-state index in [1.54, 1.807) is 0 Å². The average molecular weight is 283 g/mol. The van der Waals surface area contributed by atoms with Gasteiger partial charge in [0.15, 0.2) is 0 Å². The minimum absolute atomic E-state index is 0.112. The van der Waals surface area contributed by atoms with Crippen molar-refractivity contribution >= 4 is 0 Å². The van der Waals surface area contributed by atoms with Gasteiger partial charge in [-0.25, -0.2) is 0 Å². The highest BCUT2D eigenvalue weighted by Crippen LogP contribution is 2.44. The lowest BCUT2D eigenvalue weighted by atomic mass is 9.84. The molecule has 3 fully saturated rings. The summed E-state index contributed by atoms with van der Waals surface area (Å²) in [6.07, 6.45) is 1.58. The molecule has 0 aromatic rings. The second-order valence-electron chi connectivity index (χ2n) is 8.15. The number of aliphatic hydroxyl groups excluding tert-OH is 2. The summed E-state index contributed by atoms with van der Waals surface area (Å²) in [6, 6.07) is 0. The summed E-state index contributed by atoms with van der Waals surface area (Å²) >= 11 is 0. The van der Waals surface area contributed by atoms with Crippen molar-refractivity contribution in [1.29, 1.82) is 0 Å². The fourth-order valence-electron chi connectivity index (χ4n) is 4.75. The molecule has 2 aliphatic heterocycles. The number of fused-ring (bicyclic) bond motifs is 1. The normalized spacial score (nSPS) is 46.8. The van der Waals surface area contributed by atoms with Gasteiger partial charge in [-0.2, -0.15) is 0 Å². The summed E-state index contributed by atoms with van der Waals surface area (Å²) < 4.78 is 6.06. The Hall–Kier alpha value is -0.160. The molecule has 2 heterocycles. The lowest BCUT2D eigenvalue weighted by Crippen LogP contribution is -2.43. The maximum atomic E-state index is 10.6. The second-order valence-corrected chi connectivity index (χ2v) is 8.15. The van der Waals surface area contributed by atoms with Crippen LogP contribution in [0.3, 0.4) is 0 Å². The van der Waals surface area contributed by atoms with E-state index in [0.717, 1.165) is 32.5 Å². The van der Waals surface area contributed by atoms with Crippen LogP contribution in [0.4, 0.5) is 0 Å². The van der Waals surface area contributed by atoms with Gasteiger partial charge in [0, 0.05) is 31.5 Å². The molecule has 0 bridgehead atoms. The third-order valence-electron chi connectivity index (χ3n) is 5.86. The van der Waals surface area contributed by atoms with Crippen molar-refractivity contribution in [3.05, 3.63) is 0 Å². The van der Waals surface area contributed by atoms with Crippen LogP contribution in [0, 0.1) is 17.8 Å². The summed E-state index contributed by atoms with van der Waals surface area (Å²) in [4.78, 5) is 2.43. The molecule has 0 radical (unpaired) electrons. The quantitative estimate of drug-likeness (QED) is 0.801. The summed E-state index contributed by atoms with van der Waals surface area (Å²) in [5.41, 5.74) is -0.761. The predicted octanol–water partition coefficient (Wildman–Crippen LogP) is 1.25. The van der Waals surface area contributed by atoms with Crippen LogP contribution in [0.1, 0.15) is 40.5 Å². The van der Waals surface area contributed by atoms with Crippen LogP contribution in [0.5, 0.6) is 0 Å². The van der Waals surface area contributed by atoms with Crippen LogP contribution >= 0.6 is 0 Å². The van der Waals surface area contributed by atoms with E-state index < -0.39 is 11.7 Å². The highest BCUT2D eigenvalue weighted by molar-refractivity contribution is 5.04. The molecule has 3 rings (SSSR count). The largest absolute Gasteiger partial charge is 0.393 e. The Balaban J connectivity index is 1.67. The molecule has 2 saturated heterocycles. The summed E-state index contributed by atoms with van der Waals surface area (Å²) in [5.74, 6) is 1.24. The van der Waals surface area contributed by atoms with E-state index >= 15 is 0 Å². The van der Waals surface area contributed by atoms with E-state index in [2.05, 4.69) is 18.7 Å². The van der Waals surface area contributed by atoms with Gasteiger partial charge in [-0.1, -0.05) is 0 Å². The first-order valence-electron chi connectivity index (χ1n) is 7.99. The van der Waals surface area contributed by atoms with E-state index in [0.29, 0.717) is 11.8 Å². The van der Waals surface area contributed by atoms with Crippen LogP contribution in [-0.4, -0.2) is 58.2 Å². The van der Waals surface area contributed by atoms with Crippen LogP contribution in [0.2, 0.25) is 0 Å². The van der Waals surface area contributed by atoms with Gasteiger partial charge in [0.05, 0.1) is 23.4 Å². The Kier molecular flexibility index (Phi) is 3.45. The van der Waals surface area contributed by atoms with Gasteiger partial charge in [-0.05, 0) is 46.5 Å². The minimum Gasteiger partial charge on any atom is -0.393 e. The molecule has 3 aliphatic rings. The monoisotopic (exact) mass is 283 g/mol. The number of hydrogen-bond donors (Lipinski definition) is 2. The minimum atomic E-state index is -0.469. The number of hydrogen-bond acceptors (Lipinski definition) is 4. The Morgan fingerprint density at radius 3 is 2.30 bits per heavy atom. The number of likely N-dealkylation sites (tertiary alicyclic amines) is 1. The first-order valence-corrected chi connectivity index (χ1v) is 7.99. The number of nitrogens with zero attached hydrogens (tertiary/aromatic N) is 1. The highest BCUT2D eigenvalue weighted by Gasteiger charge is 2.54. The van der Waals surface area contributed by atoms with Crippen molar-refractivity contribution in [2.75, 3.05) is 19.6 Å². The fourth-order valence-corrected chi connectivity index (χ4v) is 4.75. The molecule has 2 N–H and O–H groups in total. The van der Waals surface area contributed by atoms with Gasteiger partial charge >= 0.3 is 0 Å². The third-order valence-corrected chi connectivity index (χ3v) is 5.86. The van der Waals surface area contributed by atoms with Crippen LogP contribution in [-0.2, 0) is 4.74 Å². The van der Waals surface area contributed by atoms with E-state index in [1.165, 1.54) is 0 Å². The van der Waals surface area contributed by atoms with E-state index in [1.807, 2.05) is 13.8 Å². The van der Waals surface area contributed by atoms with Crippen molar-refractivity contribution in [3.63, 3.8) is 0 Å². The van der Waals surface area contributed by atoms with Crippen LogP contribution < -0.4 is 0 Å². The molecule has 116 valence electrons. The number of aliphatic hydroxyl groups is 2.